The van der Waals surface area contributed by atoms with Crippen LogP contribution in [0.5, 0.6) is 5.75 Å². The Hall–Kier alpha value is -3.63. The normalized spacial score (nSPS) is 22.9. The molecule has 3 aromatic rings. The van der Waals surface area contributed by atoms with Crippen LogP contribution in [0.25, 0.3) is 0 Å². The molecule has 2 aliphatic rings. The van der Waals surface area contributed by atoms with E-state index >= 15 is 0 Å². The lowest BCUT2D eigenvalue weighted by Gasteiger charge is -2.36. The number of hydrogen-bond acceptors (Lipinski definition) is 5. The Morgan fingerprint density at radius 2 is 1.85 bits per heavy atom. The maximum Gasteiger partial charge on any atom is 0.230 e. The highest BCUT2D eigenvalue weighted by molar-refractivity contribution is 5.95. The van der Waals surface area contributed by atoms with E-state index in [-0.39, 0.29) is 17.9 Å². The fourth-order valence-electron chi connectivity index (χ4n) is 6.11. The van der Waals surface area contributed by atoms with Crippen LogP contribution in [-0.4, -0.2) is 46.0 Å². The van der Waals surface area contributed by atoms with Crippen molar-refractivity contribution in [3.8, 4) is 17.6 Å². The van der Waals surface area contributed by atoms with Gasteiger partial charge in [-0.05, 0) is 111 Å². The second kappa shape index (κ2) is 12.5. The van der Waals surface area contributed by atoms with Crippen molar-refractivity contribution in [2.75, 3.05) is 18.6 Å². The van der Waals surface area contributed by atoms with Gasteiger partial charge in [0.15, 0.2) is 0 Å². The summed E-state index contributed by atoms with van der Waals surface area (Å²) in [6, 6.07) is 14.5. The molecular weight excluding hydrogens is 488 g/mol. The van der Waals surface area contributed by atoms with E-state index in [9.17, 15) is 9.90 Å². The summed E-state index contributed by atoms with van der Waals surface area (Å²) in [6.07, 6.45) is 8.51. The molecule has 1 amide bonds. The summed E-state index contributed by atoms with van der Waals surface area (Å²) in [5, 5.41) is 16.7. The molecule has 204 valence electrons. The summed E-state index contributed by atoms with van der Waals surface area (Å²) < 4.78 is 5.44. The lowest BCUT2D eigenvalue weighted by Crippen LogP contribution is -2.41. The molecule has 2 saturated carbocycles. The third-order valence-corrected chi connectivity index (χ3v) is 8.38. The molecule has 1 heterocycles. The molecule has 7 heteroatoms. The standard InChI is InChI=1S/C32H38N4O3/c1-22-18-27(13-16-30(22)39-2)25-9-6-24(7-10-25)20-36(32(38)26-11-14-29(37)15-12-26)28-5-3-4-23(19-28)8-17-31-33-21-34-35-31/h3-5,13,16,18-19,21,24-26,29,37H,6-7,9-12,14-15,20H2,1-2H3,(H,33,34,35)/t24-,25-,26-,29-. The van der Waals surface area contributed by atoms with Gasteiger partial charge in [-0.15, -0.1) is 5.10 Å². The van der Waals surface area contributed by atoms with Crippen LogP contribution in [0.15, 0.2) is 48.8 Å². The van der Waals surface area contributed by atoms with Gasteiger partial charge in [0.1, 0.15) is 12.1 Å². The van der Waals surface area contributed by atoms with Crippen LogP contribution in [-0.2, 0) is 4.79 Å². The smallest absolute Gasteiger partial charge is 0.230 e. The summed E-state index contributed by atoms with van der Waals surface area (Å²) in [5.41, 5.74) is 4.28. The number of nitrogens with zero attached hydrogens (tertiary/aromatic N) is 3. The number of aliphatic hydroxyl groups is 1. The zero-order valence-electron chi connectivity index (χ0n) is 22.9. The predicted molar refractivity (Wildman–Crippen MR) is 152 cm³/mol. The molecule has 39 heavy (non-hydrogen) atoms. The van der Waals surface area contributed by atoms with E-state index in [0.29, 0.717) is 37.0 Å². The number of benzene rings is 2. The quantitative estimate of drug-likeness (QED) is 0.421. The van der Waals surface area contributed by atoms with Crippen LogP contribution < -0.4 is 9.64 Å². The van der Waals surface area contributed by atoms with Crippen molar-refractivity contribution in [1.29, 1.82) is 0 Å². The average Bonchev–Trinajstić information content (AvgIpc) is 3.49. The minimum Gasteiger partial charge on any atom is -0.496 e. The van der Waals surface area contributed by atoms with Gasteiger partial charge in [-0.25, -0.2) is 4.98 Å². The number of aliphatic hydroxyl groups excluding tert-OH is 1. The second-order valence-corrected chi connectivity index (χ2v) is 11.0. The largest absolute Gasteiger partial charge is 0.496 e. The SMILES string of the molecule is COc1ccc([C@H]2CC[C@H](CN(c3cccc(C#Cc4nc[nH]n4)c3)C(=O)[C@H]3CC[C@H](O)CC3)CC2)cc1C. The number of hydrogen-bond donors (Lipinski definition) is 2. The molecule has 2 aliphatic carbocycles. The molecule has 0 saturated heterocycles. The molecular formula is C32H38N4O3. The van der Waals surface area contributed by atoms with Gasteiger partial charge in [-0.3, -0.25) is 9.89 Å². The number of carbonyl (C=O) groups is 1. The first-order chi connectivity index (χ1) is 19.0. The van der Waals surface area contributed by atoms with Crippen molar-refractivity contribution in [1.82, 2.24) is 15.2 Å². The number of ether oxygens (including phenoxy) is 1. The topological polar surface area (TPSA) is 91.3 Å². The van der Waals surface area contributed by atoms with Crippen molar-refractivity contribution in [3.05, 3.63) is 71.3 Å². The van der Waals surface area contributed by atoms with E-state index in [1.54, 1.807) is 7.11 Å². The van der Waals surface area contributed by atoms with Gasteiger partial charge in [-0.2, -0.15) is 0 Å². The molecule has 1 aromatic heterocycles. The molecule has 0 radical (unpaired) electrons. The number of rotatable bonds is 6. The van der Waals surface area contributed by atoms with Crippen molar-refractivity contribution in [3.63, 3.8) is 0 Å². The van der Waals surface area contributed by atoms with Gasteiger partial charge in [0.05, 0.1) is 13.2 Å². The molecule has 2 fully saturated rings. The van der Waals surface area contributed by atoms with Crippen LogP contribution in [0, 0.1) is 30.6 Å². The minimum atomic E-state index is -0.284. The second-order valence-electron chi connectivity index (χ2n) is 11.0. The Kier molecular flexibility index (Phi) is 8.63. The number of anilines is 1. The van der Waals surface area contributed by atoms with Gasteiger partial charge in [0.2, 0.25) is 11.7 Å². The van der Waals surface area contributed by atoms with Crippen molar-refractivity contribution >= 4 is 11.6 Å². The Labute approximate surface area is 231 Å². The monoisotopic (exact) mass is 526 g/mol. The first kappa shape index (κ1) is 27.0. The van der Waals surface area contributed by atoms with Gasteiger partial charge in [0.25, 0.3) is 0 Å². The van der Waals surface area contributed by atoms with Crippen LogP contribution >= 0.6 is 0 Å². The highest BCUT2D eigenvalue weighted by Gasteiger charge is 2.32. The van der Waals surface area contributed by atoms with E-state index in [1.165, 1.54) is 17.5 Å². The molecule has 0 aliphatic heterocycles. The maximum absolute atomic E-state index is 13.9. The first-order valence-electron chi connectivity index (χ1n) is 14.1. The van der Waals surface area contributed by atoms with E-state index < -0.39 is 0 Å². The number of nitrogens with one attached hydrogen (secondary N) is 1. The lowest BCUT2D eigenvalue weighted by atomic mass is 9.78. The fourth-order valence-corrected chi connectivity index (χ4v) is 6.11. The molecule has 2 N–H and O–H groups in total. The van der Waals surface area contributed by atoms with Crippen molar-refractivity contribution < 1.29 is 14.6 Å². The van der Waals surface area contributed by atoms with Crippen LogP contribution in [0.3, 0.4) is 0 Å². The highest BCUT2D eigenvalue weighted by Crippen LogP contribution is 2.38. The van der Waals surface area contributed by atoms with Crippen LogP contribution in [0.4, 0.5) is 5.69 Å². The zero-order chi connectivity index (χ0) is 27.2. The highest BCUT2D eigenvalue weighted by atomic mass is 16.5. The number of methoxy groups -OCH3 is 1. The number of H-pyrrole nitrogens is 1. The first-order valence-corrected chi connectivity index (χ1v) is 14.1. The number of amides is 1. The van der Waals surface area contributed by atoms with Gasteiger partial charge in [-0.1, -0.05) is 24.1 Å². The molecule has 0 unspecified atom stereocenters. The van der Waals surface area contributed by atoms with Crippen LogP contribution in [0.1, 0.15) is 79.8 Å². The van der Waals surface area contributed by atoms with Crippen molar-refractivity contribution in [2.45, 2.75) is 70.3 Å². The molecule has 0 spiro atoms. The van der Waals surface area contributed by atoms with Crippen molar-refractivity contribution in [2.24, 2.45) is 11.8 Å². The number of aromatic nitrogens is 3. The summed E-state index contributed by atoms with van der Waals surface area (Å²) in [7, 11) is 1.72. The van der Waals surface area contributed by atoms with E-state index in [4.69, 9.17) is 4.74 Å². The summed E-state index contributed by atoms with van der Waals surface area (Å²) >= 11 is 0. The fraction of sp³-hybridized carbons (Fsp3) is 0.469. The zero-order valence-corrected chi connectivity index (χ0v) is 22.9. The Morgan fingerprint density at radius 1 is 1.05 bits per heavy atom. The number of aromatic amines is 1. The number of carbonyl (C=O) groups excluding carboxylic acids is 1. The summed E-state index contributed by atoms with van der Waals surface area (Å²) in [4.78, 5) is 20.0. The van der Waals surface area contributed by atoms with Gasteiger partial charge in [0, 0.05) is 23.7 Å². The maximum atomic E-state index is 13.9. The third kappa shape index (κ3) is 6.69. The summed E-state index contributed by atoms with van der Waals surface area (Å²) in [5.74, 6) is 8.60. The third-order valence-electron chi connectivity index (χ3n) is 8.38. The molecule has 7 nitrogen and oxygen atoms in total. The molecule has 5 rings (SSSR count). The van der Waals surface area contributed by atoms with E-state index in [2.05, 4.69) is 52.1 Å². The Balaban J connectivity index is 1.31. The Bertz CT molecular complexity index is 1310. The summed E-state index contributed by atoms with van der Waals surface area (Å²) in [6.45, 7) is 2.82. The van der Waals surface area contributed by atoms with Gasteiger partial charge >= 0.3 is 0 Å². The van der Waals surface area contributed by atoms with E-state index in [1.807, 2.05) is 29.2 Å². The predicted octanol–water partition coefficient (Wildman–Crippen LogP) is 5.38. The lowest BCUT2D eigenvalue weighted by molar-refractivity contribution is -0.124. The molecule has 2 aromatic carbocycles. The number of aryl methyl sites for hydroxylation is 1. The molecule has 0 atom stereocenters. The molecule has 0 bridgehead atoms. The van der Waals surface area contributed by atoms with Crippen LogP contribution in [0.2, 0.25) is 0 Å². The average molecular weight is 527 g/mol. The minimum absolute atomic E-state index is 0.0463. The Morgan fingerprint density at radius 3 is 2.54 bits per heavy atom. The van der Waals surface area contributed by atoms with Gasteiger partial charge < -0.3 is 14.7 Å². The van der Waals surface area contributed by atoms with E-state index in [0.717, 1.165) is 55.5 Å².